The quantitative estimate of drug-likeness (QED) is 0.359. The number of nitrogens with two attached hydrogens (primary N) is 1. The van der Waals surface area contributed by atoms with Gasteiger partial charge in [0, 0.05) is 14.1 Å². The molecule has 0 aliphatic rings. The second-order valence-corrected chi connectivity index (χ2v) is 3.15. The molecule has 0 spiro atoms. The van der Waals surface area contributed by atoms with Crippen LogP contribution in [0.5, 0.6) is 0 Å². The van der Waals surface area contributed by atoms with Crippen molar-refractivity contribution in [2.45, 2.75) is 12.4 Å². The van der Waals surface area contributed by atoms with Gasteiger partial charge in [-0.05, 0) is 13.2 Å². The lowest BCUT2D eigenvalue weighted by Crippen LogP contribution is -2.23. The monoisotopic (exact) mass is 289 g/mol. The SMILES string of the molecule is CSC(N)/N=C(\C)N(C)C.I. The zero-order valence-electron chi connectivity index (χ0n) is 7.37. The maximum atomic E-state index is 5.56. The molecule has 0 aliphatic carbocycles. The first kappa shape index (κ1) is 14.1. The third kappa shape index (κ3) is 6.89. The van der Waals surface area contributed by atoms with Gasteiger partial charge >= 0.3 is 0 Å². The molecule has 5 heteroatoms. The van der Waals surface area contributed by atoms with E-state index in [0.29, 0.717) is 0 Å². The zero-order valence-corrected chi connectivity index (χ0v) is 10.5. The minimum Gasteiger partial charge on any atom is -0.367 e. The first-order valence-electron chi connectivity index (χ1n) is 3.08. The molecule has 0 aromatic carbocycles. The van der Waals surface area contributed by atoms with Crippen molar-refractivity contribution in [3.8, 4) is 0 Å². The summed E-state index contributed by atoms with van der Waals surface area (Å²) in [5.41, 5.74) is 5.44. The van der Waals surface area contributed by atoms with Crippen molar-refractivity contribution >= 4 is 41.6 Å². The lowest BCUT2D eigenvalue weighted by molar-refractivity contribution is 0.612. The van der Waals surface area contributed by atoms with Gasteiger partial charge < -0.3 is 10.6 Å². The van der Waals surface area contributed by atoms with E-state index in [-0.39, 0.29) is 29.5 Å². The molecule has 0 heterocycles. The van der Waals surface area contributed by atoms with Gasteiger partial charge in [-0.2, -0.15) is 0 Å². The number of halogens is 1. The second-order valence-electron chi connectivity index (χ2n) is 2.20. The Hall–Kier alpha value is 0.510. The van der Waals surface area contributed by atoms with Gasteiger partial charge in [-0.3, -0.25) is 0 Å². The molecular formula is C6H16IN3S. The summed E-state index contributed by atoms with van der Waals surface area (Å²) < 4.78 is 0. The Bertz CT molecular complexity index is 127. The number of rotatable bonds is 2. The van der Waals surface area contributed by atoms with Crippen molar-refractivity contribution in [3.05, 3.63) is 0 Å². The Morgan fingerprint density at radius 3 is 2.27 bits per heavy atom. The van der Waals surface area contributed by atoms with Gasteiger partial charge in [-0.15, -0.1) is 35.7 Å². The molecule has 1 unspecified atom stereocenters. The minimum absolute atomic E-state index is 0. The fourth-order valence-electron chi connectivity index (χ4n) is 0.352. The molecule has 0 aliphatic heterocycles. The molecule has 0 saturated heterocycles. The van der Waals surface area contributed by atoms with E-state index in [1.165, 1.54) is 11.8 Å². The Morgan fingerprint density at radius 2 is 2.00 bits per heavy atom. The number of hydrogen-bond donors (Lipinski definition) is 1. The molecule has 0 rings (SSSR count). The summed E-state index contributed by atoms with van der Waals surface area (Å²) in [5, 5.41) is 0. The highest BCUT2D eigenvalue weighted by molar-refractivity contribution is 14.0. The maximum absolute atomic E-state index is 5.56. The predicted octanol–water partition coefficient (Wildman–Crippen LogP) is 1.19. The number of aliphatic imine (C=N–C) groups is 1. The van der Waals surface area contributed by atoms with E-state index in [4.69, 9.17) is 5.73 Å². The molecule has 0 saturated carbocycles. The average molecular weight is 289 g/mol. The lowest BCUT2D eigenvalue weighted by Gasteiger charge is -2.12. The molecule has 0 bridgehead atoms. The van der Waals surface area contributed by atoms with Crippen molar-refractivity contribution in [2.75, 3.05) is 20.4 Å². The fraction of sp³-hybridized carbons (Fsp3) is 0.833. The summed E-state index contributed by atoms with van der Waals surface area (Å²) in [6.45, 7) is 1.94. The van der Waals surface area contributed by atoms with E-state index in [0.717, 1.165) is 5.84 Å². The van der Waals surface area contributed by atoms with Crippen LogP contribution in [0, 0.1) is 0 Å². The van der Waals surface area contributed by atoms with Crippen molar-refractivity contribution in [1.82, 2.24) is 4.90 Å². The normalized spacial score (nSPS) is 13.7. The van der Waals surface area contributed by atoms with Crippen LogP contribution in [0.2, 0.25) is 0 Å². The fourth-order valence-corrected chi connectivity index (χ4v) is 0.610. The number of thioether (sulfide) groups is 1. The van der Waals surface area contributed by atoms with Crippen LogP contribution in [0.3, 0.4) is 0 Å². The number of amidine groups is 1. The van der Waals surface area contributed by atoms with Crippen molar-refractivity contribution in [1.29, 1.82) is 0 Å². The number of nitrogens with zero attached hydrogens (tertiary/aromatic N) is 2. The first-order chi connectivity index (χ1) is 4.57. The van der Waals surface area contributed by atoms with Crippen molar-refractivity contribution in [3.63, 3.8) is 0 Å². The molecule has 0 aromatic heterocycles. The molecule has 0 fully saturated rings. The predicted molar refractivity (Wildman–Crippen MR) is 63.7 cm³/mol. The Kier molecular flexibility index (Phi) is 9.17. The van der Waals surface area contributed by atoms with Crippen LogP contribution in [0.1, 0.15) is 6.92 Å². The van der Waals surface area contributed by atoms with Crippen molar-refractivity contribution in [2.24, 2.45) is 10.7 Å². The molecule has 0 amide bonds. The topological polar surface area (TPSA) is 41.6 Å². The van der Waals surface area contributed by atoms with E-state index in [1.807, 2.05) is 32.2 Å². The van der Waals surface area contributed by atoms with Gasteiger partial charge in [-0.1, -0.05) is 0 Å². The Labute approximate surface area is 89.8 Å². The van der Waals surface area contributed by atoms with Crippen LogP contribution < -0.4 is 5.73 Å². The van der Waals surface area contributed by atoms with Gasteiger partial charge in [0.25, 0.3) is 0 Å². The maximum Gasteiger partial charge on any atom is 0.146 e. The average Bonchev–Trinajstić information content (AvgIpc) is 1.87. The molecule has 0 aromatic rings. The van der Waals surface area contributed by atoms with E-state index in [1.54, 1.807) is 0 Å². The van der Waals surface area contributed by atoms with Gasteiger partial charge in [0.2, 0.25) is 0 Å². The summed E-state index contributed by atoms with van der Waals surface area (Å²) in [5.74, 6) is 0.960. The van der Waals surface area contributed by atoms with Crippen LogP contribution >= 0.6 is 35.7 Å². The van der Waals surface area contributed by atoms with Crippen LogP contribution in [-0.2, 0) is 0 Å². The minimum atomic E-state index is -0.123. The summed E-state index contributed by atoms with van der Waals surface area (Å²) in [6, 6.07) is 0. The van der Waals surface area contributed by atoms with Gasteiger partial charge in [0.05, 0.1) is 5.84 Å². The van der Waals surface area contributed by atoms with Gasteiger partial charge in [-0.25, -0.2) is 4.99 Å². The Morgan fingerprint density at radius 1 is 1.55 bits per heavy atom. The highest BCUT2D eigenvalue weighted by Crippen LogP contribution is 2.00. The van der Waals surface area contributed by atoms with Crippen LogP contribution in [0.15, 0.2) is 4.99 Å². The van der Waals surface area contributed by atoms with E-state index >= 15 is 0 Å². The standard InChI is InChI=1S/C6H15N3S.HI/c1-5(9(2)3)8-6(7)10-4;/h6H,7H2,1-4H3;1H/b8-5+;. The van der Waals surface area contributed by atoms with Crippen LogP contribution in [0.25, 0.3) is 0 Å². The van der Waals surface area contributed by atoms with Gasteiger partial charge in [0.15, 0.2) is 0 Å². The van der Waals surface area contributed by atoms with E-state index in [9.17, 15) is 0 Å². The van der Waals surface area contributed by atoms with E-state index < -0.39 is 0 Å². The van der Waals surface area contributed by atoms with Gasteiger partial charge in [0.1, 0.15) is 5.50 Å². The summed E-state index contributed by atoms with van der Waals surface area (Å²) >= 11 is 1.53. The largest absolute Gasteiger partial charge is 0.367 e. The summed E-state index contributed by atoms with van der Waals surface area (Å²) in [6.07, 6.45) is 1.94. The molecule has 3 nitrogen and oxygen atoms in total. The zero-order chi connectivity index (χ0) is 8.15. The smallest absolute Gasteiger partial charge is 0.146 e. The molecule has 1 atom stereocenters. The highest BCUT2D eigenvalue weighted by atomic mass is 127. The molecule has 68 valence electrons. The highest BCUT2D eigenvalue weighted by Gasteiger charge is 1.97. The number of hydrogen-bond acceptors (Lipinski definition) is 3. The Balaban J connectivity index is 0. The van der Waals surface area contributed by atoms with Crippen molar-refractivity contribution < 1.29 is 0 Å². The summed E-state index contributed by atoms with van der Waals surface area (Å²) in [4.78, 5) is 6.12. The third-order valence-electron chi connectivity index (χ3n) is 1.20. The second kappa shape index (κ2) is 7.17. The van der Waals surface area contributed by atoms with E-state index in [2.05, 4.69) is 4.99 Å². The lowest BCUT2D eigenvalue weighted by atomic mass is 10.6. The van der Waals surface area contributed by atoms with Crippen LogP contribution in [-0.4, -0.2) is 36.6 Å². The first-order valence-corrected chi connectivity index (χ1v) is 4.37. The third-order valence-corrected chi connectivity index (χ3v) is 1.79. The molecule has 2 N–H and O–H groups in total. The van der Waals surface area contributed by atoms with Crippen LogP contribution in [0.4, 0.5) is 0 Å². The molecular weight excluding hydrogens is 273 g/mol. The molecule has 11 heavy (non-hydrogen) atoms. The summed E-state index contributed by atoms with van der Waals surface area (Å²) in [7, 11) is 3.90. The molecule has 0 radical (unpaired) electrons.